The summed E-state index contributed by atoms with van der Waals surface area (Å²) in [5.41, 5.74) is 2.58. The third kappa shape index (κ3) is 3.98. The van der Waals surface area contributed by atoms with E-state index in [0.29, 0.717) is 11.5 Å². The van der Waals surface area contributed by atoms with Gasteiger partial charge in [0.05, 0.1) is 27.0 Å². The minimum atomic E-state index is -0.0948. The van der Waals surface area contributed by atoms with Gasteiger partial charge in [-0.05, 0) is 42.0 Å². The number of benzene rings is 2. The molecule has 2 aromatic carbocycles. The molecule has 0 aliphatic carbocycles. The number of carbonyl (C=O) groups is 1. The van der Waals surface area contributed by atoms with Gasteiger partial charge in [0, 0.05) is 23.8 Å². The van der Waals surface area contributed by atoms with Crippen LogP contribution in [0.3, 0.4) is 0 Å². The second-order valence-corrected chi connectivity index (χ2v) is 5.43. The van der Waals surface area contributed by atoms with E-state index in [0.717, 1.165) is 16.9 Å². The summed E-state index contributed by atoms with van der Waals surface area (Å²) in [6.45, 7) is 0. The molecule has 0 saturated heterocycles. The third-order valence-corrected chi connectivity index (χ3v) is 3.77. The first-order valence-electron chi connectivity index (χ1n) is 7.79. The summed E-state index contributed by atoms with van der Waals surface area (Å²) < 4.78 is 12.4. The van der Waals surface area contributed by atoms with Crippen molar-refractivity contribution in [2.45, 2.75) is 6.42 Å². The van der Waals surface area contributed by atoms with Gasteiger partial charge < -0.3 is 19.4 Å². The molecule has 1 heterocycles. The summed E-state index contributed by atoms with van der Waals surface area (Å²) in [5, 5.41) is 2.89. The summed E-state index contributed by atoms with van der Waals surface area (Å²) >= 11 is 0. The molecule has 0 aliphatic rings. The van der Waals surface area contributed by atoms with Crippen molar-refractivity contribution in [2.24, 2.45) is 0 Å². The third-order valence-electron chi connectivity index (χ3n) is 3.77. The predicted molar refractivity (Wildman–Crippen MR) is 95.4 cm³/mol. The smallest absolute Gasteiger partial charge is 0.228 e. The molecule has 1 aromatic heterocycles. The molecule has 0 radical (unpaired) electrons. The van der Waals surface area contributed by atoms with Crippen LogP contribution in [0.15, 0.2) is 61.2 Å². The van der Waals surface area contributed by atoms with Crippen molar-refractivity contribution in [1.29, 1.82) is 0 Å². The van der Waals surface area contributed by atoms with Crippen LogP contribution in [-0.2, 0) is 11.2 Å². The van der Waals surface area contributed by atoms with Crippen LogP contribution in [0.2, 0.25) is 0 Å². The normalized spacial score (nSPS) is 10.3. The van der Waals surface area contributed by atoms with E-state index in [1.807, 2.05) is 41.1 Å². The van der Waals surface area contributed by atoms with Crippen LogP contribution in [0.4, 0.5) is 5.69 Å². The predicted octanol–water partition coefficient (Wildman–Crippen LogP) is 3.07. The number of imidazole rings is 1. The second-order valence-electron chi connectivity index (χ2n) is 5.43. The average Bonchev–Trinajstić information content (AvgIpc) is 3.17. The van der Waals surface area contributed by atoms with Crippen molar-refractivity contribution in [2.75, 3.05) is 19.5 Å². The number of aromatic nitrogens is 2. The van der Waals surface area contributed by atoms with E-state index in [2.05, 4.69) is 10.3 Å². The van der Waals surface area contributed by atoms with Crippen LogP contribution in [-0.4, -0.2) is 29.7 Å². The molecule has 0 fully saturated rings. The van der Waals surface area contributed by atoms with Crippen molar-refractivity contribution in [3.05, 3.63) is 66.7 Å². The van der Waals surface area contributed by atoms with Gasteiger partial charge in [0.15, 0.2) is 11.5 Å². The molecule has 3 rings (SSSR count). The van der Waals surface area contributed by atoms with Crippen LogP contribution in [0.1, 0.15) is 5.56 Å². The van der Waals surface area contributed by atoms with Gasteiger partial charge in [0.2, 0.25) is 5.91 Å². The highest BCUT2D eigenvalue weighted by atomic mass is 16.5. The van der Waals surface area contributed by atoms with E-state index in [1.54, 1.807) is 38.9 Å². The van der Waals surface area contributed by atoms with Crippen molar-refractivity contribution < 1.29 is 14.3 Å². The molecule has 1 amide bonds. The van der Waals surface area contributed by atoms with Crippen molar-refractivity contribution in [3.8, 4) is 17.2 Å². The number of ether oxygens (including phenoxy) is 2. The zero-order chi connectivity index (χ0) is 17.6. The maximum Gasteiger partial charge on any atom is 0.228 e. The Morgan fingerprint density at radius 1 is 1.08 bits per heavy atom. The minimum absolute atomic E-state index is 0.0948. The number of nitrogens with zero attached hydrogens (tertiary/aromatic N) is 2. The molecular formula is C19H19N3O3. The van der Waals surface area contributed by atoms with Crippen LogP contribution in [0.25, 0.3) is 5.69 Å². The summed E-state index contributed by atoms with van der Waals surface area (Å²) in [6.07, 6.45) is 5.57. The van der Waals surface area contributed by atoms with Crippen molar-refractivity contribution >= 4 is 11.6 Å². The molecule has 0 aliphatic heterocycles. The standard InChI is InChI=1S/C19H19N3O3/c1-24-17-8-3-14(11-18(17)25-2)12-19(23)21-15-4-6-16(7-5-15)22-10-9-20-13-22/h3-11,13H,12H2,1-2H3,(H,21,23). The molecule has 6 nitrogen and oxygen atoms in total. The second kappa shape index (κ2) is 7.53. The average molecular weight is 337 g/mol. The fourth-order valence-corrected chi connectivity index (χ4v) is 2.51. The first-order valence-corrected chi connectivity index (χ1v) is 7.79. The lowest BCUT2D eigenvalue weighted by Gasteiger charge is -2.10. The van der Waals surface area contributed by atoms with E-state index < -0.39 is 0 Å². The van der Waals surface area contributed by atoms with Gasteiger partial charge in [0.1, 0.15) is 0 Å². The highest BCUT2D eigenvalue weighted by molar-refractivity contribution is 5.92. The molecule has 0 atom stereocenters. The van der Waals surface area contributed by atoms with Crippen molar-refractivity contribution in [1.82, 2.24) is 9.55 Å². The molecular weight excluding hydrogens is 318 g/mol. The van der Waals surface area contributed by atoms with Crippen LogP contribution < -0.4 is 14.8 Å². The summed E-state index contributed by atoms with van der Waals surface area (Å²) in [4.78, 5) is 16.3. The lowest BCUT2D eigenvalue weighted by molar-refractivity contribution is -0.115. The minimum Gasteiger partial charge on any atom is -0.493 e. The first-order chi connectivity index (χ1) is 12.2. The molecule has 0 unspecified atom stereocenters. The number of hydrogen-bond donors (Lipinski definition) is 1. The number of carbonyl (C=O) groups excluding carboxylic acids is 1. The van der Waals surface area contributed by atoms with Gasteiger partial charge in [-0.25, -0.2) is 4.98 Å². The number of amides is 1. The zero-order valence-electron chi connectivity index (χ0n) is 14.1. The molecule has 1 N–H and O–H groups in total. The van der Waals surface area contributed by atoms with Crippen LogP contribution in [0, 0.1) is 0 Å². The lowest BCUT2D eigenvalue weighted by atomic mass is 10.1. The fourth-order valence-electron chi connectivity index (χ4n) is 2.51. The Balaban J connectivity index is 1.64. The van der Waals surface area contributed by atoms with E-state index in [-0.39, 0.29) is 12.3 Å². The van der Waals surface area contributed by atoms with Gasteiger partial charge in [-0.2, -0.15) is 0 Å². The van der Waals surface area contributed by atoms with Gasteiger partial charge >= 0.3 is 0 Å². The number of anilines is 1. The summed E-state index contributed by atoms with van der Waals surface area (Å²) in [6, 6.07) is 13.0. The van der Waals surface area contributed by atoms with Gasteiger partial charge in [-0.1, -0.05) is 6.07 Å². The molecule has 25 heavy (non-hydrogen) atoms. The van der Waals surface area contributed by atoms with Gasteiger partial charge in [0.25, 0.3) is 0 Å². The Labute approximate surface area is 146 Å². The first kappa shape index (κ1) is 16.6. The Morgan fingerprint density at radius 2 is 1.84 bits per heavy atom. The van der Waals surface area contributed by atoms with Gasteiger partial charge in [-0.15, -0.1) is 0 Å². The van der Waals surface area contributed by atoms with E-state index in [1.165, 1.54) is 0 Å². The van der Waals surface area contributed by atoms with Crippen LogP contribution >= 0.6 is 0 Å². The number of hydrogen-bond acceptors (Lipinski definition) is 4. The van der Waals surface area contributed by atoms with Crippen molar-refractivity contribution in [3.63, 3.8) is 0 Å². The quantitative estimate of drug-likeness (QED) is 0.751. The highest BCUT2D eigenvalue weighted by Gasteiger charge is 2.09. The van der Waals surface area contributed by atoms with E-state index >= 15 is 0 Å². The Morgan fingerprint density at radius 3 is 2.48 bits per heavy atom. The molecule has 0 spiro atoms. The number of methoxy groups -OCH3 is 2. The topological polar surface area (TPSA) is 65.4 Å². The SMILES string of the molecule is COc1ccc(CC(=O)Nc2ccc(-n3ccnc3)cc2)cc1OC. The maximum absolute atomic E-state index is 12.3. The largest absolute Gasteiger partial charge is 0.493 e. The zero-order valence-corrected chi connectivity index (χ0v) is 14.1. The Bertz CT molecular complexity index is 843. The molecule has 0 saturated carbocycles. The summed E-state index contributed by atoms with van der Waals surface area (Å²) in [7, 11) is 3.15. The lowest BCUT2D eigenvalue weighted by Crippen LogP contribution is -2.14. The number of rotatable bonds is 6. The van der Waals surface area contributed by atoms with Gasteiger partial charge in [-0.3, -0.25) is 4.79 Å². The fraction of sp³-hybridized carbons (Fsp3) is 0.158. The molecule has 6 heteroatoms. The number of nitrogens with one attached hydrogen (secondary N) is 1. The van der Waals surface area contributed by atoms with Crippen LogP contribution in [0.5, 0.6) is 11.5 Å². The Kier molecular flexibility index (Phi) is 4.99. The van der Waals surface area contributed by atoms with E-state index in [4.69, 9.17) is 9.47 Å². The summed E-state index contributed by atoms with van der Waals surface area (Å²) in [5.74, 6) is 1.15. The maximum atomic E-state index is 12.3. The molecule has 3 aromatic rings. The molecule has 128 valence electrons. The Hall–Kier alpha value is -3.28. The highest BCUT2D eigenvalue weighted by Crippen LogP contribution is 2.27. The van der Waals surface area contributed by atoms with E-state index in [9.17, 15) is 4.79 Å². The monoisotopic (exact) mass is 337 g/mol. The molecule has 0 bridgehead atoms.